The number of halogens is 1. The van der Waals surface area contributed by atoms with Gasteiger partial charge in [0.05, 0.1) is 20.3 Å². The normalized spacial score (nSPS) is 11.9. The molecule has 0 fully saturated rings. The summed E-state index contributed by atoms with van der Waals surface area (Å²) in [5.41, 5.74) is 3.43. The molecule has 1 rings (SSSR count). The summed E-state index contributed by atoms with van der Waals surface area (Å²) in [5, 5.41) is 11.2. The number of nitrogens with zero attached hydrogens (tertiary/aromatic N) is 1. The summed E-state index contributed by atoms with van der Waals surface area (Å²) in [6.07, 6.45) is -0.319. The van der Waals surface area contributed by atoms with Crippen LogP contribution < -0.4 is 5.43 Å². The molecule has 0 unspecified atom stereocenters. The highest BCUT2D eigenvalue weighted by Gasteiger charge is 2.21. The smallest absolute Gasteiger partial charge is 0.421 e. The largest absolute Gasteiger partial charge is 0.467 e. The average Bonchev–Trinajstić information content (AvgIpc) is 2.56. The van der Waals surface area contributed by atoms with Crippen LogP contribution in [0.25, 0.3) is 0 Å². The summed E-state index contributed by atoms with van der Waals surface area (Å²) in [4.78, 5) is 23.2. The molecule has 0 aromatic heterocycles. The van der Waals surface area contributed by atoms with Gasteiger partial charge in [-0.15, -0.1) is 0 Å². The first-order valence-electron chi connectivity index (χ1n) is 7.65. The summed E-state index contributed by atoms with van der Waals surface area (Å²) >= 11 is 3.35. The lowest BCUT2D eigenvalue weighted by Gasteiger charge is -2.24. The lowest BCUT2D eigenvalue weighted by Crippen LogP contribution is -2.47. The van der Waals surface area contributed by atoms with E-state index in [4.69, 9.17) is 4.74 Å². The Kier molecular flexibility index (Phi) is 9.36. The molecule has 0 heterocycles. The molecule has 1 amide bonds. The molecular formula is C16H23BrN2O5. The van der Waals surface area contributed by atoms with Crippen molar-refractivity contribution >= 4 is 28.0 Å². The van der Waals surface area contributed by atoms with E-state index in [2.05, 4.69) is 26.1 Å². The van der Waals surface area contributed by atoms with Gasteiger partial charge in [0.15, 0.2) is 6.10 Å². The molecule has 0 radical (unpaired) electrons. The van der Waals surface area contributed by atoms with Gasteiger partial charge in [-0.3, -0.25) is 5.43 Å². The second kappa shape index (κ2) is 11.0. The maximum absolute atomic E-state index is 11.8. The Morgan fingerprint density at radius 1 is 1.33 bits per heavy atom. The highest BCUT2D eigenvalue weighted by atomic mass is 79.9. The third kappa shape index (κ3) is 7.76. The van der Waals surface area contributed by atoms with Gasteiger partial charge >= 0.3 is 12.1 Å². The van der Waals surface area contributed by atoms with E-state index >= 15 is 0 Å². The van der Waals surface area contributed by atoms with Gasteiger partial charge < -0.3 is 14.6 Å². The number of rotatable bonds is 9. The maximum Gasteiger partial charge on any atom is 0.421 e. The number of unbranched alkanes of at least 4 members (excludes halogenated alkanes) is 1. The number of aliphatic hydroxyl groups is 1. The molecule has 0 saturated carbocycles. The topological polar surface area (TPSA) is 88.1 Å². The zero-order chi connectivity index (χ0) is 17.9. The van der Waals surface area contributed by atoms with Crippen molar-refractivity contribution < 1.29 is 24.2 Å². The van der Waals surface area contributed by atoms with E-state index in [1.165, 1.54) is 12.1 Å². The molecule has 0 bridgehead atoms. The second-order valence-electron chi connectivity index (χ2n) is 5.15. The number of carbonyl (C=O) groups excluding carboxylic acids is 2. The minimum Gasteiger partial charge on any atom is -0.467 e. The number of hydrazine groups is 1. The molecule has 134 valence electrons. The van der Waals surface area contributed by atoms with Crippen LogP contribution in [-0.2, 0) is 20.8 Å². The van der Waals surface area contributed by atoms with Gasteiger partial charge in [0, 0.05) is 11.0 Å². The van der Waals surface area contributed by atoms with Gasteiger partial charge in [-0.1, -0.05) is 41.4 Å². The van der Waals surface area contributed by atoms with Crippen molar-refractivity contribution in [3.63, 3.8) is 0 Å². The molecule has 2 N–H and O–H groups in total. The summed E-state index contributed by atoms with van der Waals surface area (Å²) < 4.78 is 10.5. The molecule has 0 aliphatic carbocycles. The van der Waals surface area contributed by atoms with Gasteiger partial charge in [-0.25, -0.2) is 14.6 Å². The lowest BCUT2D eigenvalue weighted by atomic mass is 10.2. The number of methoxy groups -OCH3 is 1. The van der Waals surface area contributed by atoms with Crippen LogP contribution in [0.5, 0.6) is 0 Å². The van der Waals surface area contributed by atoms with Crippen molar-refractivity contribution in [3.05, 3.63) is 34.3 Å². The third-order valence-corrected chi connectivity index (χ3v) is 3.66. The van der Waals surface area contributed by atoms with Gasteiger partial charge in [0.25, 0.3) is 0 Å². The Balaban J connectivity index is 2.68. The molecule has 8 heteroatoms. The average molecular weight is 403 g/mol. The van der Waals surface area contributed by atoms with Crippen LogP contribution in [0.2, 0.25) is 0 Å². The molecule has 1 aromatic rings. The fourth-order valence-electron chi connectivity index (χ4n) is 1.85. The molecule has 1 aromatic carbocycles. The molecular weight excluding hydrogens is 380 g/mol. The van der Waals surface area contributed by atoms with Crippen LogP contribution in [0.1, 0.15) is 25.3 Å². The molecule has 7 nitrogen and oxygen atoms in total. The quantitative estimate of drug-likeness (QED) is 0.374. The molecule has 0 saturated heterocycles. The van der Waals surface area contributed by atoms with E-state index in [1.807, 2.05) is 31.2 Å². The van der Waals surface area contributed by atoms with Crippen molar-refractivity contribution in [2.75, 3.05) is 20.3 Å². The molecule has 0 spiro atoms. The number of amides is 1. The van der Waals surface area contributed by atoms with Crippen molar-refractivity contribution in [1.82, 2.24) is 10.4 Å². The molecule has 24 heavy (non-hydrogen) atoms. The maximum atomic E-state index is 11.8. The van der Waals surface area contributed by atoms with Crippen molar-refractivity contribution in [2.45, 2.75) is 32.4 Å². The van der Waals surface area contributed by atoms with Gasteiger partial charge in [-0.05, 0) is 24.1 Å². The van der Waals surface area contributed by atoms with Crippen LogP contribution in [0.15, 0.2) is 28.7 Å². The monoisotopic (exact) mass is 402 g/mol. The summed E-state index contributed by atoms with van der Waals surface area (Å²) in [6.45, 7) is 2.48. The number of esters is 1. The SMILES string of the molecule is CCCCOC(=O)NN(Cc1ccc(Br)cc1)C[C@@H](O)C(=O)OC. The van der Waals surface area contributed by atoms with Crippen LogP contribution in [0.3, 0.4) is 0 Å². The van der Waals surface area contributed by atoms with E-state index in [-0.39, 0.29) is 6.54 Å². The molecule has 0 aliphatic heterocycles. The number of ether oxygens (including phenoxy) is 2. The van der Waals surface area contributed by atoms with Gasteiger partial charge in [0.2, 0.25) is 0 Å². The second-order valence-corrected chi connectivity index (χ2v) is 6.06. The Morgan fingerprint density at radius 3 is 2.58 bits per heavy atom. The van der Waals surface area contributed by atoms with E-state index < -0.39 is 18.2 Å². The van der Waals surface area contributed by atoms with Crippen molar-refractivity contribution in [2.24, 2.45) is 0 Å². The molecule has 1 atom stereocenters. The standard InChI is InChI=1S/C16H23BrN2O5/c1-3-4-9-24-16(22)18-19(11-14(20)15(21)23-2)10-12-5-7-13(17)8-6-12/h5-8,14,20H,3-4,9-11H2,1-2H3,(H,18,22)/t14-/m1/s1. The van der Waals surface area contributed by atoms with Gasteiger partial charge in [0.1, 0.15) is 0 Å². The fraction of sp³-hybridized carbons (Fsp3) is 0.500. The van der Waals surface area contributed by atoms with Crippen LogP contribution in [0, 0.1) is 0 Å². The first kappa shape index (κ1) is 20.4. The Labute approximate surface area is 150 Å². The lowest BCUT2D eigenvalue weighted by molar-refractivity contribution is -0.151. The van der Waals surface area contributed by atoms with E-state index in [9.17, 15) is 14.7 Å². The number of hydrogen-bond donors (Lipinski definition) is 2. The summed E-state index contributed by atoms with van der Waals surface area (Å²) in [7, 11) is 1.19. The van der Waals surface area contributed by atoms with Crippen LogP contribution in [-0.4, -0.2) is 48.5 Å². The van der Waals surface area contributed by atoms with E-state index in [0.717, 1.165) is 22.9 Å². The summed E-state index contributed by atoms with van der Waals surface area (Å²) in [6, 6.07) is 7.46. The highest BCUT2D eigenvalue weighted by Crippen LogP contribution is 2.12. The van der Waals surface area contributed by atoms with Gasteiger partial charge in [-0.2, -0.15) is 0 Å². The minimum atomic E-state index is -1.37. The van der Waals surface area contributed by atoms with Crippen LogP contribution in [0.4, 0.5) is 4.79 Å². The predicted octanol–water partition coefficient (Wildman–Crippen LogP) is 2.23. The van der Waals surface area contributed by atoms with E-state index in [1.54, 1.807) is 0 Å². The summed E-state index contributed by atoms with van der Waals surface area (Å²) in [5.74, 6) is -0.767. The Hall–Kier alpha value is -1.64. The zero-order valence-corrected chi connectivity index (χ0v) is 15.4. The highest BCUT2D eigenvalue weighted by molar-refractivity contribution is 9.10. The fourth-order valence-corrected chi connectivity index (χ4v) is 2.11. The Bertz CT molecular complexity index is 524. The zero-order valence-electron chi connectivity index (χ0n) is 13.8. The van der Waals surface area contributed by atoms with Crippen LogP contribution >= 0.6 is 15.9 Å². The number of nitrogens with one attached hydrogen (secondary N) is 1. The van der Waals surface area contributed by atoms with Crippen molar-refractivity contribution in [3.8, 4) is 0 Å². The Morgan fingerprint density at radius 2 is 2.00 bits per heavy atom. The predicted molar refractivity (Wildman–Crippen MR) is 92.0 cm³/mol. The molecule has 0 aliphatic rings. The van der Waals surface area contributed by atoms with E-state index in [0.29, 0.717) is 13.2 Å². The first-order valence-corrected chi connectivity index (χ1v) is 8.44. The third-order valence-electron chi connectivity index (χ3n) is 3.13. The number of aliphatic hydroxyl groups excluding tert-OH is 1. The number of carbonyl (C=O) groups is 2. The van der Waals surface area contributed by atoms with Crippen molar-refractivity contribution in [1.29, 1.82) is 0 Å². The number of benzene rings is 1. The number of hydrogen-bond acceptors (Lipinski definition) is 6. The minimum absolute atomic E-state index is 0.119. The first-order chi connectivity index (χ1) is 11.5.